The molecule has 118 valence electrons. The molecule has 2 aromatic rings. The number of nitrogens with one attached hydrogen (secondary N) is 2. The molecule has 2 amide bonds. The first-order chi connectivity index (χ1) is 10.9. The predicted octanol–water partition coefficient (Wildman–Crippen LogP) is 3.57. The summed E-state index contributed by atoms with van der Waals surface area (Å²) < 4.78 is 0. The van der Waals surface area contributed by atoms with Gasteiger partial charge in [-0.25, -0.2) is 4.79 Å². The number of benzene rings is 2. The van der Waals surface area contributed by atoms with Crippen molar-refractivity contribution in [3.63, 3.8) is 0 Å². The van der Waals surface area contributed by atoms with Gasteiger partial charge in [-0.05, 0) is 51.8 Å². The number of rotatable bonds is 1. The molecule has 0 bridgehead atoms. The van der Waals surface area contributed by atoms with Crippen molar-refractivity contribution in [2.24, 2.45) is 11.1 Å². The predicted molar refractivity (Wildman–Crippen MR) is 92.1 cm³/mol. The summed E-state index contributed by atoms with van der Waals surface area (Å²) in [5.74, 6) is 0. The summed E-state index contributed by atoms with van der Waals surface area (Å²) in [5, 5.41) is 5.65. The summed E-state index contributed by atoms with van der Waals surface area (Å²) in [6.45, 7) is 5.02. The summed E-state index contributed by atoms with van der Waals surface area (Å²) >= 11 is 0. The number of fused-ring (bicyclic) bond motifs is 2. The minimum atomic E-state index is -0.146. The Hall–Kier alpha value is -2.33. The van der Waals surface area contributed by atoms with Gasteiger partial charge < -0.3 is 16.4 Å². The zero-order valence-corrected chi connectivity index (χ0v) is 13.4. The van der Waals surface area contributed by atoms with E-state index in [4.69, 9.17) is 5.73 Å². The van der Waals surface area contributed by atoms with Gasteiger partial charge in [0, 0.05) is 18.3 Å². The van der Waals surface area contributed by atoms with Crippen LogP contribution in [0.4, 0.5) is 10.5 Å². The highest BCUT2D eigenvalue weighted by Gasteiger charge is 2.36. The van der Waals surface area contributed by atoms with Crippen molar-refractivity contribution in [3.05, 3.63) is 53.1 Å². The van der Waals surface area contributed by atoms with Crippen LogP contribution in [0.2, 0.25) is 0 Å². The van der Waals surface area contributed by atoms with E-state index in [2.05, 4.69) is 54.8 Å². The van der Waals surface area contributed by atoms with Crippen LogP contribution in [0.5, 0.6) is 0 Å². The minimum Gasteiger partial charge on any atom is -0.334 e. The van der Waals surface area contributed by atoms with Gasteiger partial charge >= 0.3 is 6.03 Å². The molecule has 0 spiro atoms. The van der Waals surface area contributed by atoms with Crippen molar-refractivity contribution in [2.75, 3.05) is 5.32 Å². The van der Waals surface area contributed by atoms with E-state index in [1.54, 1.807) is 0 Å². The van der Waals surface area contributed by atoms with Crippen LogP contribution >= 0.6 is 0 Å². The molecule has 1 unspecified atom stereocenters. The molecule has 4 heteroatoms. The van der Waals surface area contributed by atoms with Gasteiger partial charge in [-0.1, -0.05) is 38.1 Å². The Morgan fingerprint density at radius 3 is 2.57 bits per heavy atom. The molecule has 0 saturated carbocycles. The Morgan fingerprint density at radius 1 is 1.09 bits per heavy atom. The fourth-order valence-electron chi connectivity index (χ4n) is 3.62. The SMILES string of the molecule is CC1(C)Cc2ccc(-c3ccc4c(c3)NC(=O)NC4)cc2C1N. The maximum atomic E-state index is 11.5. The van der Waals surface area contributed by atoms with Gasteiger partial charge in [-0.2, -0.15) is 0 Å². The van der Waals surface area contributed by atoms with Crippen molar-refractivity contribution in [1.82, 2.24) is 5.32 Å². The Kier molecular flexibility index (Phi) is 3.00. The van der Waals surface area contributed by atoms with Gasteiger partial charge in [0.25, 0.3) is 0 Å². The third-order valence-electron chi connectivity index (χ3n) is 5.10. The maximum absolute atomic E-state index is 11.5. The standard InChI is InChI=1S/C19H21N3O/c1-19(2)9-13-5-3-11(7-15(13)17(19)20)12-4-6-14-10-21-18(23)22-16(14)8-12/h3-8,17H,9-10,20H2,1-2H3,(H2,21,22,23). The number of urea groups is 1. The highest BCUT2D eigenvalue weighted by molar-refractivity contribution is 5.93. The lowest BCUT2D eigenvalue weighted by Gasteiger charge is -2.23. The van der Waals surface area contributed by atoms with E-state index in [-0.39, 0.29) is 17.5 Å². The molecule has 0 fully saturated rings. The second-order valence-corrected chi connectivity index (χ2v) is 7.24. The first-order valence-electron chi connectivity index (χ1n) is 8.01. The Labute approximate surface area is 136 Å². The molecule has 1 aliphatic heterocycles. The zero-order chi connectivity index (χ0) is 16.2. The highest BCUT2D eigenvalue weighted by Crippen LogP contribution is 2.44. The summed E-state index contributed by atoms with van der Waals surface area (Å²) in [7, 11) is 0. The lowest BCUT2D eigenvalue weighted by Crippen LogP contribution is -2.33. The average Bonchev–Trinajstić information content (AvgIpc) is 2.76. The van der Waals surface area contributed by atoms with Gasteiger partial charge in [-0.15, -0.1) is 0 Å². The minimum absolute atomic E-state index is 0.0685. The maximum Gasteiger partial charge on any atom is 0.319 e. The summed E-state index contributed by atoms with van der Waals surface area (Å²) in [5.41, 5.74) is 13.4. The van der Waals surface area contributed by atoms with E-state index in [0.717, 1.165) is 28.8 Å². The summed E-state index contributed by atoms with van der Waals surface area (Å²) in [6, 6.07) is 12.7. The first-order valence-corrected chi connectivity index (χ1v) is 8.01. The molecule has 0 radical (unpaired) electrons. The molecule has 2 aromatic carbocycles. The Morgan fingerprint density at radius 2 is 1.78 bits per heavy atom. The monoisotopic (exact) mass is 307 g/mol. The molecule has 4 nitrogen and oxygen atoms in total. The topological polar surface area (TPSA) is 67.2 Å². The summed E-state index contributed by atoms with van der Waals surface area (Å²) in [6.07, 6.45) is 1.02. The second kappa shape index (κ2) is 4.83. The van der Waals surface area contributed by atoms with E-state index in [1.165, 1.54) is 11.1 Å². The Bertz CT molecular complexity index is 810. The van der Waals surface area contributed by atoms with Crippen molar-refractivity contribution >= 4 is 11.7 Å². The largest absolute Gasteiger partial charge is 0.334 e. The number of nitrogens with two attached hydrogens (primary N) is 1. The third-order valence-corrected chi connectivity index (χ3v) is 5.10. The van der Waals surface area contributed by atoms with Crippen LogP contribution in [0.25, 0.3) is 11.1 Å². The molecule has 1 atom stereocenters. The van der Waals surface area contributed by atoms with Crippen molar-refractivity contribution in [3.8, 4) is 11.1 Å². The van der Waals surface area contributed by atoms with E-state index in [9.17, 15) is 4.79 Å². The highest BCUT2D eigenvalue weighted by atomic mass is 16.2. The molecule has 23 heavy (non-hydrogen) atoms. The molecular weight excluding hydrogens is 286 g/mol. The van der Waals surface area contributed by atoms with Crippen LogP contribution in [0.15, 0.2) is 36.4 Å². The first kappa shape index (κ1) is 14.3. The van der Waals surface area contributed by atoms with Gasteiger partial charge in [0.2, 0.25) is 0 Å². The molecule has 2 aliphatic rings. The smallest absolute Gasteiger partial charge is 0.319 e. The molecule has 4 N–H and O–H groups in total. The normalized spacial score (nSPS) is 21.2. The van der Waals surface area contributed by atoms with Gasteiger partial charge in [0.1, 0.15) is 0 Å². The van der Waals surface area contributed by atoms with Crippen LogP contribution in [0, 0.1) is 5.41 Å². The molecule has 1 heterocycles. The Balaban J connectivity index is 1.74. The number of hydrogen-bond acceptors (Lipinski definition) is 2. The second-order valence-electron chi connectivity index (χ2n) is 7.24. The molecule has 1 aliphatic carbocycles. The number of carbonyl (C=O) groups excluding carboxylic acids is 1. The van der Waals surface area contributed by atoms with E-state index >= 15 is 0 Å². The quantitative estimate of drug-likeness (QED) is 0.754. The van der Waals surface area contributed by atoms with Crippen LogP contribution in [0.3, 0.4) is 0 Å². The van der Waals surface area contributed by atoms with E-state index in [1.807, 2.05) is 6.07 Å². The van der Waals surface area contributed by atoms with Crippen LogP contribution in [-0.4, -0.2) is 6.03 Å². The van der Waals surface area contributed by atoms with Gasteiger partial charge in [-0.3, -0.25) is 0 Å². The molecule has 0 saturated heterocycles. The van der Waals surface area contributed by atoms with E-state index < -0.39 is 0 Å². The van der Waals surface area contributed by atoms with E-state index in [0.29, 0.717) is 6.54 Å². The van der Waals surface area contributed by atoms with Gasteiger partial charge in [0.05, 0.1) is 0 Å². The van der Waals surface area contributed by atoms with Gasteiger partial charge in [0.15, 0.2) is 0 Å². The van der Waals surface area contributed by atoms with Crippen LogP contribution in [0.1, 0.15) is 36.6 Å². The fraction of sp³-hybridized carbons (Fsp3) is 0.316. The summed E-state index contributed by atoms with van der Waals surface area (Å²) in [4.78, 5) is 11.5. The van der Waals surface area contributed by atoms with Crippen molar-refractivity contribution < 1.29 is 4.79 Å². The number of amides is 2. The van der Waals surface area contributed by atoms with Crippen molar-refractivity contribution in [2.45, 2.75) is 32.9 Å². The lowest BCUT2D eigenvalue weighted by atomic mass is 9.86. The molecule has 4 rings (SSSR count). The zero-order valence-electron chi connectivity index (χ0n) is 13.4. The number of anilines is 1. The average molecular weight is 307 g/mol. The molecule has 0 aromatic heterocycles. The molecular formula is C19H21N3O. The number of hydrogen-bond donors (Lipinski definition) is 3. The van der Waals surface area contributed by atoms with Crippen LogP contribution in [-0.2, 0) is 13.0 Å². The van der Waals surface area contributed by atoms with Crippen molar-refractivity contribution in [1.29, 1.82) is 0 Å². The number of carbonyl (C=O) groups is 1. The fourth-order valence-corrected chi connectivity index (χ4v) is 3.62. The lowest BCUT2D eigenvalue weighted by molar-refractivity contribution is 0.251. The van der Waals surface area contributed by atoms with Crippen LogP contribution < -0.4 is 16.4 Å². The third kappa shape index (κ3) is 2.30.